The van der Waals surface area contributed by atoms with Gasteiger partial charge < -0.3 is 15.3 Å². The summed E-state index contributed by atoms with van der Waals surface area (Å²) in [6.07, 6.45) is 0.464. The number of anilines is 1. The Kier molecular flexibility index (Phi) is 4.10. The summed E-state index contributed by atoms with van der Waals surface area (Å²) in [5.41, 5.74) is 3.45. The average molecular weight is 262 g/mol. The van der Waals surface area contributed by atoms with Gasteiger partial charge in [0.15, 0.2) is 0 Å². The van der Waals surface area contributed by atoms with Gasteiger partial charge in [-0.05, 0) is 50.5 Å². The van der Waals surface area contributed by atoms with E-state index >= 15 is 0 Å². The Morgan fingerprint density at radius 1 is 1.32 bits per heavy atom. The predicted molar refractivity (Wildman–Crippen MR) is 76.4 cm³/mol. The van der Waals surface area contributed by atoms with E-state index in [2.05, 4.69) is 42.3 Å². The molecule has 1 amide bonds. The normalized spacial score (nSPS) is 23.4. The summed E-state index contributed by atoms with van der Waals surface area (Å²) < 4.78 is 0. The van der Waals surface area contributed by atoms with Crippen molar-refractivity contribution in [1.29, 1.82) is 0 Å². The molecule has 2 atom stereocenters. The number of hydrogen-bond acceptors (Lipinski definition) is 3. The molecule has 2 rings (SSSR count). The van der Waals surface area contributed by atoms with Crippen molar-refractivity contribution in [3.63, 3.8) is 0 Å². The van der Waals surface area contributed by atoms with Gasteiger partial charge in [-0.2, -0.15) is 0 Å². The molecule has 1 saturated heterocycles. The molecule has 4 nitrogen and oxygen atoms in total. The highest BCUT2D eigenvalue weighted by Crippen LogP contribution is 2.24. The van der Waals surface area contributed by atoms with Crippen LogP contribution in [0.3, 0.4) is 0 Å². The summed E-state index contributed by atoms with van der Waals surface area (Å²) in [5.74, 6) is 0.00644. The monoisotopic (exact) mass is 262 g/mol. The zero-order chi connectivity index (χ0) is 14.0. The molecule has 0 bridgehead atoms. The molecule has 1 aliphatic rings. The van der Waals surface area contributed by atoms with Gasteiger partial charge in [0.25, 0.3) is 0 Å². The second-order valence-electron chi connectivity index (χ2n) is 5.44. The third kappa shape index (κ3) is 3.07. The fourth-order valence-electron chi connectivity index (χ4n) is 2.76. The first-order valence-electron chi connectivity index (χ1n) is 6.77. The molecule has 1 aliphatic heterocycles. The molecule has 0 aliphatic carbocycles. The lowest BCUT2D eigenvalue weighted by atomic mass is 10.0. The molecule has 4 heteroatoms. The molecule has 19 heavy (non-hydrogen) atoms. The number of benzene rings is 1. The lowest BCUT2D eigenvalue weighted by Gasteiger charge is -2.40. The molecular formula is C15H22N2O2. The van der Waals surface area contributed by atoms with E-state index in [9.17, 15) is 4.79 Å². The number of hydrogen-bond donors (Lipinski definition) is 2. The fraction of sp³-hybridized carbons (Fsp3) is 0.533. The second kappa shape index (κ2) is 5.61. The molecule has 2 unspecified atom stereocenters. The van der Waals surface area contributed by atoms with Crippen molar-refractivity contribution in [2.75, 3.05) is 18.1 Å². The Morgan fingerprint density at radius 2 is 1.95 bits per heavy atom. The van der Waals surface area contributed by atoms with Crippen LogP contribution >= 0.6 is 0 Å². The number of aliphatic hydroxyl groups is 1. The molecule has 104 valence electrons. The standard InChI is InChI=1S/C15H22N2O2/c1-10-6-11(2)8-13(7-10)17-9-12(3)16-15(19)14(17)4-5-18/h6-8,12,14,18H,4-5,9H2,1-3H3,(H,16,19). The van der Waals surface area contributed by atoms with Crippen molar-refractivity contribution in [2.45, 2.75) is 39.3 Å². The number of nitrogens with zero attached hydrogens (tertiary/aromatic N) is 1. The number of amides is 1. The van der Waals surface area contributed by atoms with Crippen LogP contribution in [0.15, 0.2) is 18.2 Å². The van der Waals surface area contributed by atoms with E-state index in [4.69, 9.17) is 5.11 Å². The predicted octanol–water partition coefficient (Wildman–Crippen LogP) is 1.38. The summed E-state index contributed by atoms with van der Waals surface area (Å²) in [4.78, 5) is 14.2. The Labute approximate surface area is 114 Å². The summed E-state index contributed by atoms with van der Waals surface area (Å²) in [7, 11) is 0. The maximum Gasteiger partial charge on any atom is 0.243 e. The summed E-state index contributed by atoms with van der Waals surface area (Å²) >= 11 is 0. The zero-order valence-corrected chi connectivity index (χ0v) is 11.8. The molecule has 0 saturated carbocycles. The van der Waals surface area contributed by atoms with Gasteiger partial charge in [0.05, 0.1) is 0 Å². The molecular weight excluding hydrogens is 240 g/mol. The van der Waals surface area contributed by atoms with Crippen molar-refractivity contribution in [3.8, 4) is 0 Å². The average Bonchev–Trinajstić information content (AvgIpc) is 2.31. The zero-order valence-electron chi connectivity index (χ0n) is 11.8. The van der Waals surface area contributed by atoms with Crippen LogP contribution < -0.4 is 10.2 Å². The number of carbonyl (C=O) groups excluding carboxylic acids is 1. The van der Waals surface area contributed by atoms with Crippen LogP contribution in [0, 0.1) is 13.8 Å². The number of piperazine rings is 1. The van der Waals surface area contributed by atoms with E-state index in [0.717, 1.165) is 12.2 Å². The van der Waals surface area contributed by atoms with Gasteiger partial charge in [-0.3, -0.25) is 4.79 Å². The van der Waals surface area contributed by atoms with E-state index in [0.29, 0.717) is 6.42 Å². The van der Waals surface area contributed by atoms with Crippen LogP contribution in [0.5, 0.6) is 0 Å². The van der Waals surface area contributed by atoms with Gasteiger partial charge >= 0.3 is 0 Å². The minimum atomic E-state index is -0.276. The first-order chi connectivity index (χ1) is 9.01. The van der Waals surface area contributed by atoms with E-state index in [-0.39, 0.29) is 24.6 Å². The second-order valence-corrected chi connectivity index (χ2v) is 5.44. The summed E-state index contributed by atoms with van der Waals surface area (Å²) in [6.45, 7) is 6.92. The number of nitrogens with one attached hydrogen (secondary N) is 1. The quantitative estimate of drug-likeness (QED) is 0.865. The van der Waals surface area contributed by atoms with Crippen LogP contribution in [0.25, 0.3) is 0 Å². The minimum Gasteiger partial charge on any atom is -0.396 e. The van der Waals surface area contributed by atoms with Crippen molar-refractivity contribution in [2.24, 2.45) is 0 Å². The first-order valence-corrected chi connectivity index (χ1v) is 6.77. The number of aryl methyl sites for hydroxylation is 2. The first kappa shape index (κ1) is 13.9. The minimum absolute atomic E-state index is 0.00644. The third-order valence-electron chi connectivity index (χ3n) is 3.48. The van der Waals surface area contributed by atoms with Crippen LogP contribution in [0.4, 0.5) is 5.69 Å². The van der Waals surface area contributed by atoms with Crippen LogP contribution in [0.2, 0.25) is 0 Å². The molecule has 1 aromatic carbocycles. The number of carbonyl (C=O) groups is 1. The fourth-order valence-corrected chi connectivity index (χ4v) is 2.76. The van der Waals surface area contributed by atoms with Gasteiger partial charge in [0.1, 0.15) is 6.04 Å². The van der Waals surface area contributed by atoms with Crippen LogP contribution in [-0.4, -0.2) is 36.2 Å². The van der Waals surface area contributed by atoms with Gasteiger partial charge in [-0.25, -0.2) is 0 Å². The SMILES string of the molecule is Cc1cc(C)cc(N2CC(C)NC(=O)C2CCO)c1. The maximum atomic E-state index is 12.1. The highest BCUT2D eigenvalue weighted by Gasteiger charge is 2.32. The van der Waals surface area contributed by atoms with Crippen LogP contribution in [-0.2, 0) is 4.79 Å². The number of aliphatic hydroxyl groups excluding tert-OH is 1. The smallest absolute Gasteiger partial charge is 0.243 e. The van der Waals surface area contributed by atoms with Crippen molar-refractivity contribution >= 4 is 11.6 Å². The third-order valence-corrected chi connectivity index (χ3v) is 3.48. The molecule has 1 heterocycles. The Morgan fingerprint density at radius 3 is 2.53 bits per heavy atom. The largest absolute Gasteiger partial charge is 0.396 e. The van der Waals surface area contributed by atoms with Gasteiger partial charge in [0.2, 0.25) is 5.91 Å². The maximum absolute atomic E-state index is 12.1. The van der Waals surface area contributed by atoms with Crippen molar-refractivity contribution in [3.05, 3.63) is 29.3 Å². The van der Waals surface area contributed by atoms with Gasteiger partial charge in [-0.15, -0.1) is 0 Å². The molecule has 1 aromatic rings. The van der Waals surface area contributed by atoms with E-state index in [1.54, 1.807) is 0 Å². The van der Waals surface area contributed by atoms with Crippen molar-refractivity contribution in [1.82, 2.24) is 5.32 Å². The molecule has 2 N–H and O–H groups in total. The summed E-state index contributed by atoms with van der Waals surface area (Å²) in [5, 5.41) is 12.1. The topological polar surface area (TPSA) is 52.6 Å². The van der Waals surface area contributed by atoms with E-state index in [1.165, 1.54) is 11.1 Å². The Bertz CT molecular complexity index is 453. The van der Waals surface area contributed by atoms with Gasteiger partial charge in [0, 0.05) is 24.9 Å². The molecule has 1 fully saturated rings. The highest BCUT2D eigenvalue weighted by molar-refractivity contribution is 5.87. The highest BCUT2D eigenvalue weighted by atomic mass is 16.3. The van der Waals surface area contributed by atoms with Crippen LogP contribution in [0.1, 0.15) is 24.5 Å². The molecule has 0 aromatic heterocycles. The molecule has 0 spiro atoms. The lowest BCUT2D eigenvalue weighted by Crippen LogP contribution is -2.59. The number of rotatable bonds is 3. The van der Waals surface area contributed by atoms with Gasteiger partial charge in [-0.1, -0.05) is 6.07 Å². The van der Waals surface area contributed by atoms with E-state index in [1.807, 2.05) is 6.92 Å². The van der Waals surface area contributed by atoms with Crippen molar-refractivity contribution < 1.29 is 9.90 Å². The Hall–Kier alpha value is -1.55. The summed E-state index contributed by atoms with van der Waals surface area (Å²) in [6, 6.07) is 6.18. The van der Waals surface area contributed by atoms with E-state index < -0.39 is 0 Å². The Balaban J connectivity index is 2.34. The lowest BCUT2D eigenvalue weighted by molar-refractivity contribution is -0.124. The molecule has 0 radical (unpaired) electrons.